The zero-order valence-electron chi connectivity index (χ0n) is 8.29. The lowest BCUT2D eigenvalue weighted by molar-refractivity contribution is -0.119. The van der Waals surface area contributed by atoms with Gasteiger partial charge in [-0.05, 0) is 24.6 Å². The fourth-order valence-corrected chi connectivity index (χ4v) is 1.07. The molecule has 1 aromatic rings. The van der Waals surface area contributed by atoms with Gasteiger partial charge in [-0.1, -0.05) is 6.07 Å². The summed E-state index contributed by atoms with van der Waals surface area (Å²) in [5, 5.41) is 5.59. The van der Waals surface area contributed by atoms with Crippen molar-refractivity contribution in [1.29, 1.82) is 0 Å². The van der Waals surface area contributed by atoms with E-state index in [9.17, 15) is 4.79 Å². The number of nitrogens with one attached hydrogen (secondary N) is 2. The molecule has 0 saturated heterocycles. The van der Waals surface area contributed by atoms with Crippen LogP contribution in [0, 0.1) is 0 Å². The van der Waals surface area contributed by atoms with Gasteiger partial charge in [0.15, 0.2) is 0 Å². The summed E-state index contributed by atoms with van der Waals surface area (Å²) < 4.78 is 0. The highest BCUT2D eigenvalue weighted by atomic mass is 16.1. The Morgan fingerprint density at radius 2 is 2.43 bits per heavy atom. The Balaban J connectivity index is 2.13. The van der Waals surface area contributed by atoms with E-state index in [4.69, 9.17) is 0 Å². The van der Waals surface area contributed by atoms with Gasteiger partial charge in [0.05, 0.1) is 6.54 Å². The van der Waals surface area contributed by atoms with Crippen LogP contribution >= 0.6 is 0 Å². The molecule has 4 heteroatoms. The lowest BCUT2D eigenvalue weighted by atomic mass is 10.2. The highest BCUT2D eigenvalue weighted by molar-refractivity contribution is 5.77. The van der Waals surface area contributed by atoms with E-state index in [2.05, 4.69) is 15.6 Å². The average molecular weight is 193 g/mol. The third-order valence-electron chi connectivity index (χ3n) is 1.88. The summed E-state index contributed by atoms with van der Waals surface area (Å²) in [7, 11) is 1.63. The SMILES string of the molecule is CNC(=O)CNCCc1cccnc1. The van der Waals surface area contributed by atoms with Crippen molar-refractivity contribution >= 4 is 5.91 Å². The van der Waals surface area contributed by atoms with Crippen LogP contribution in [0.25, 0.3) is 0 Å². The van der Waals surface area contributed by atoms with E-state index in [0.717, 1.165) is 13.0 Å². The number of pyridine rings is 1. The van der Waals surface area contributed by atoms with Crippen LogP contribution in [0.2, 0.25) is 0 Å². The van der Waals surface area contributed by atoms with Gasteiger partial charge in [-0.2, -0.15) is 0 Å². The van der Waals surface area contributed by atoms with E-state index in [1.54, 1.807) is 13.2 Å². The van der Waals surface area contributed by atoms with Crippen LogP contribution in [-0.2, 0) is 11.2 Å². The summed E-state index contributed by atoms with van der Waals surface area (Å²) in [4.78, 5) is 14.8. The third-order valence-corrected chi connectivity index (χ3v) is 1.88. The number of carbonyl (C=O) groups excluding carboxylic acids is 1. The van der Waals surface area contributed by atoms with Gasteiger partial charge in [0.2, 0.25) is 5.91 Å². The van der Waals surface area contributed by atoms with Crippen LogP contribution in [0.4, 0.5) is 0 Å². The Morgan fingerprint density at radius 3 is 3.07 bits per heavy atom. The smallest absolute Gasteiger partial charge is 0.233 e. The van der Waals surface area contributed by atoms with Crippen LogP contribution in [0.1, 0.15) is 5.56 Å². The van der Waals surface area contributed by atoms with Crippen molar-refractivity contribution in [1.82, 2.24) is 15.6 Å². The summed E-state index contributed by atoms with van der Waals surface area (Å²) in [6, 6.07) is 3.93. The Morgan fingerprint density at radius 1 is 1.57 bits per heavy atom. The maximum absolute atomic E-state index is 10.8. The summed E-state index contributed by atoms with van der Waals surface area (Å²) in [5.41, 5.74) is 1.18. The van der Waals surface area contributed by atoms with Crippen LogP contribution in [0.5, 0.6) is 0 Å². The molecular formula is C10H15N3O. The summed E-state index contributed by atoms with van der Waals surface area (Å²) in [6.45, 7) is 1.16. The molecule has 0 spiro atoms. The van der Waals surface area contributed by atoms with Crippen molar-refractivity contribution in [2.24, 2.45) is 0 Å². The first-order valence-electron chi connectivity index (χ1n) is 4.63. The Bertz CT molecular complexity index is 274. The highest BCUT2D eigenvalue weighted by Gasteiger charge is 1.96. The largest absolute Gasteiger partial charge is 0.358 e. The molecule has 0 bridgehead atoms. The molecule has 0 radical (unpaired) electrons. The fourth-order valence-electron chi connectivity index (χ4n) is 1.07. The normalized spacial score (nSPS) is 9.79. The monoisotopic (exact) mass is 193 g/mol. The average Bonchev–Trinajstić information content (AvgIpc) is 2.25. The molecule has 0 fully saturated rings. The number of hydrogen-bond donors (Lipinski definition) is 2. The molecule has 76 valence electrons. The molecule has 0 saturated carbocycles. The van der Waals surface area contributed by atoms with E-state index >= 15 is 0 Å². The van der Waals surface area contributed by atoms with Gasteiger partial charge in [0.1, 0.15) is 0 Å². The topological polar surface area (TPSA) is 54.0 Å². The van der Waals surface area contributed by atoms with Gasteiger partial charge < -0.3 is 10.6 Å². The zero-order valence-corrected chi connectivity index (χ0v) is 8.29. The van der Waals surface area contributed by atoms with Crippen LogP contribution in [-0.4, -0.2) is 31.0 Å². The summed E-state index contributed by atoms with van der Waals surface area (Å²) in [6.07, 6.45) is 4.48. The molecule has 1 rings (SSSR count). The third kappa shape index (κ3) is 4.00. The molecule has 0 unspecified atom stereocenters. The Hall–Kier alpha value is -1.42. The van der Waals surface area contributed by atoms with Crippen LogP contribution in [0.15, 0.2) is 24.5 Å². The van der Waals surface area contributed by atoms with Crippen LogP contribution < -0.4 is 10.6 Å². The lowest BCUT2D eigenvalue weighted by Gasteiger charge is -2.03. The summed E-state index contributed by atoms with van der Waals surface area (Å²) >= 11 is 0. The molecule has 0 aliphatic carbocycles. The predicted molar refractivity (Wildman–Crippen MR) is 54.9 cm³/mol. The van der Waals surface area contributed by atoms with Gasteiger partial charge in [0, 0.05) is 19.4 Å². The first kappa shape index (κ1) is 10.7. The van der Waals surface area contributed by atoms with E-state index < -0.39 is 0 Å². The number of likely N-dealkylation sites (N-methyl/N-ethyl adjacent to an activating group) is 1. The Labute approximate surface area is 83.7 Å². The summed E-state index contributed by atoms with van der Waals surface area (Å²) in [5.74, 6) is 0.0104. The molecule has 1 heterocycles. The molecule has 1 amide bonds. The predicted octanol–water partition coefficient (Wildman–Crippen LogP) is -0.0403. The van der Waals surface area contributed by atoms with Gasteiger partial charge in [0.25, 0.3) is 0 Å². The molecule has 1 aromatic heterocycles. The molecule has 4 nitrogen and oxygen atoms in total. The van der Waals surface area contributed by atoms with E-state index in [0.29, 0.717) is 6.54 Å². The number of aromatic nitrogens is 1. The maximum atomic E-state index is 10.8. The molecule has 2 N–H and O–H groups in total. The lowest BCUT2D eigenvalue weighted by Crippen LogP contribution is -2.32. The van der Waals surface area contributed by atoms with Crippen molar-refractivity contribution in [3.8, 4) is 0 Å². The first-order valence-corrected chi connectivity index (χ1v) is 4.63. The molecule has 0 aromatic carbocycles. The minimum Gasteiger partial charge on any atom is -0.358 e. The molecule has 14 heavy (non-hydrogen) atoms. The molecule has 0 aliphatic rings. The molecular weight excluding hydrogens is 178 g/mol. The number of nitrogens with zero attached hydrogens (tertiary/aromatic N) is 1. The quantitative estimate of drug-likeness (QED) is 0.645. The van der Waals surface area contributed by atoms with E-state index in [-0.39, 0.29) is 5.91 Å². The fraction of sp³-hybridized carbons (Fsp3) is 0.400. The van der Waals surface area contributed by atoms with Crippen molar-refractivity contribution in [3.63, 3.8) is 0 Å². The number of amides is 1. The molecule has 0 atom stereocenters. The number of carbonyl (C=O) groups is 1. The Kier molecular flexibility index (Phi) is 4.64. The standard InChI is InChI=1S/C10H15N3O/c1-11-10(14)8-13-6-4-9-3-2-5-12-7-9/h2-3,5,7,13H,4,6,8H2,1H3,(H,11,14). The van der Waals surface area contributed by atoms with E-state index in [1.165, 1.54) is 5.56 Å². The van der Waals surface area contributed by atoms with Gasteiger partial charge >= 0.3 is 0 Å². The van der Waals surface area contributed by atoms with Gasteiger partial charge in [-0.25, -0.2) is 0 Å². The number of hydrogen-bond acceptors (Lipinski definition) is 3. The van der Waals surface area contributed by atoms with Gasteiger partial charge in [-0.15, -0.1) is 0 Å². The van der Waals surface area contributed by atoms with Crippen molar-refractivity contribution < 1.29 is 4.79 Å². The first-order chi connectivity index (χ1) is 6.83. The van der Waals surface area contributed by atoms with Crippen LogP contribution in [0.3, 0.4) is 0 Å². The highest BCUT2D eigenvalue weighted by Crippen LogP contribution is 1.94. The van der Waals surface area contributed by atoms with Gasteiger partial charge in [-0.3, -0.25) is 9.78 Å². The minimum absolute atomic E-state index is 0.0104. The van der Waals surface area contributed by atoms with Crippen molar-refractivity contribution in [2.75, 3.05) is 20.1 Å². The zero-order chi connectivity index (χ0) is 10.2. The maximum Gasteiger partial charge on any atom is 0.233 e. The molecule has 0 aliphatic heterocycles. The van der Waals surface area contributed by atoms with Crippen molar-refractivity contribution in [2.45, 2.75) is 6.42 Å². The second-order valence-electron chi connectivity index (χ2n) is 2.96. The number of rotatable bonds is 5. The second-order valence-corrected chi connectivity index (χ2v) is 2.96. The van der Waals surface area contributed by atoms with Crippen molar-refractivity contribution in [3.05, 3.63) is 30.1 Å². The minimum atomic E-state index is 0.0104. The van der Waals surface area contributed by atoms with E-state index in [1.807, 2.05) is 18.3 Å². The second kappa shape index (κ2) is 6.10.